The summed E-state index contributed by atoms with van der Waals surface area (Å²) in [5.41, 5.74) is 3.79. The van der Waals surface area contributed by atoms with Crippen molar-refractivity contribution in [2.24, 2.45) is 7.05 Å². The fraction of sp³-hybridized carbons (Fsp3) is 0.258. The Bertz CT molecular complexity index is 1830. The smallest absolute Gasteiger partial charge is 0.421 e. The lowest BCUT2D eigenvalue weighted by atomic mass is 10.0. The summed E-state index contributed by atoms with van der Waals surface area (Å²) >= 11 is 6.59. The maximum absolute atomic E-state index is 13.3. The number of aryl methyl sites for hydroxylation is 3. The lowest BCUT2D eigenvalue weighted by Crippen LogP contribution is -2.29. The number of alkyl halides is 3. The molecule has 0 bridgehead atoms. The van der Waals surface area contributed by atoms with Gasteiger partial charge in [0.2, 0.25) is 0 Å². The fourth-order valence-corrected chi connectivity index (χ4v) is 5.37. The van der Waals surface area contributed by atoms with E-state index < -0.39 is 17.3 Å². The maximum atomic E-state index is 13.3. The van der Waals surface area contributed by atoms with Crippen LogP contribution in [0.4, 0.5) is 13.2 Å². The molecular formula is C31H28ClF3N4O2. The van der Waals surface area contributed by atoms with E-state index in [1.807, 2.05) is 38.2 Å². The number of pyridine rings is 3. The Balaban J connectivity index is 1.52. The molecule has 6 nitrogen and oxygen atoms in total. The lowest BCUT2D eigenvalue weighted by molar-refractivity contribution is -0.138. The van der Waals surface area contributed by atoms with Crippen molar-refractivity contribution in [3.8, 4) is 17.0 Å². The van der Waals surface area contributed by atoms with Crippen LogP contribution in [-0.2, 0) is 32.8 Å². The zero-order valence-corrected chi connectivity index (χ0v) is 23.8. The van der Waals surface area contributed by atoms with Gasteiger partial charge in [-0.2, -0.15) is 13.2 Å². The van der Waals surface area contributed by atoms with E-state index in [-0.39, 0.29) is 13.2 Å². The van der Waals surface area contributed by atoms with Crippen LogP contribution in [0, 0.1) is 13.8 Å². The quantitative estimate of drug-likeness (QED) is 0.203. The van der Waals surface area contributed by atoms with E-state index in [0.717, 1.165) is 39.4 Å². The van der Waals surface area contributed by atoms with Crippen molar-refractivity contribution >= 4 is 22.5 Å². The number of aromatic nitrogens is 4. The molecule has 5 aromatic rings. The third kappa shape index (κ3) is 5.59. The van der Waals surface area contributed by atoms with Crippen molar-refractivity contribution < 1.29 is 17.9 Å². The van der Waals surface area contributed by atoms with Gasteiger partial charge in [-0.1, -0.05) is 30.7 Å². The van der Waals surface area contributed by atoms with Crippen LogP contribution < -0.4 is 10.3 Å². The largest absolute Gasteiger partial charge is 0.486 e. The predicted molar refractivity (Wildman–Crippen MR) is 153 cm³/mol. The Morgan fingerprint density at radius 3 is 2.46 bits per heavy atom. The van der Waals surface area contributed by atoms with Gasteiger partial charge < -0.3 is 13.9 Å². The molecule has 0 aliphatic rings. The molecule has 0 radical (unpaired) electrons. The Hall–Kier alpha value is -4.11. The highest BCUT2D eigenvalue weighted by Crippen LogP contribution is 2.35. The molecule has 5 rings (SSSR count). The highest BCUT2D eigenvalue weighted by atomic mass is 35.5. The van der Waals surface area contributed by atoms with Gasteiger partial charge in [0.1, 0.15) is 23.4 Å². The Morgan fingerprint density at radius 1 is 1.00 bits per heavy atom. The molecule has 0 fully saturated rings. The molecule has 0 aliphatic heterocycles. The fourth-order valence-electron chi connectivity index (χ4n) is 5.05. The molecule has 4 heterocycles. The van der Waals surface area contributed by atoms with Crippen LogP contribution in [-0.4, -0.2) is 19.1 Å². The molecule has 10 heteroatoms. The van der Waals surface area contributed by atoms with Crippen molar-refractivity contribution in [2.75, 3.05) is 0 Å². The molecule has 0 spiro atoms. The zero-order chi connectivity index (χ0) is 29.5. The molecule has 212 valence electrons. The summed E-state index contributed by atoms with van der Waals surface area (Å²) in [5, 5.41) is 1.26. The molecular weight excluding hydrogens is 553 g/mol. The molecule has 0 amide bonds. The van der Waals surface area contributed by atoms with Gasteiger partial charge >= 0.3 is 6.18 Å². The highest BCUT2D eigenvalue weighted by molar-refractivity contribution is 6.31. The highest BCUT2D eigenvalue weighted by Gasteiger charge is 2.34. The molecule has 4 aromatic heterocycles. The lowest BCUT2D eigenvalue weighted by Gasteiger charge is -2.17. The number of benzene rings is 1. The van der Waals surface area contributed by atoms with Gasteiger partial charge in [0.25, 0.3) is 5.56 Å². The minimum Gasteiger partial charge on any atom is -0.486 e. The summed E-state index contributed by atoms with van der Waals surface area (Å²) in [6.07, 6.45) is -2.56. The van der Waals surface area contributed by atoms with E-state index in [1.54, 1.807) is 13.0 Å². The normalized spacial score (nSPS) is 11.8. The number of nitrogens with zero attached hydrogens (tertiary/aromatic N) is 4. The summed E-state index contributed by atoms with van der Waals surface area (Å²) in [5.74, 6) is 0.524. The van der Waals surface area contributed by atoms with Crippen LogP contribution in [0.1, 0.15) is 40.8 Å². The van der Waals surface area contributed by atoms with Crippen LogP contribution in [0.15, 0.2) is 65.6 Å². The standard InChI is InChI=1S/C31H28ClF3N4O2/c1-5-20-11-12-27(38(20)4)22-14-18(2)37-29-21(22)8-6-10-28(29)41-17-23-25(32)15-19(3)36-26(23)16-39-13-7-9-24(30(39)40)31(33,34)35/h6-15H,5,16-17H2,1-4H3. The van der Waals surface area contributed by atoms with E-state index in [1.165, 1.54) is 18.0 Å². The van der Waals surface area contributed by atoms with Crippen LogP contribution in [0.2, 0.25) is 5.02 Å². The first-order chi connectivity index (χ1) is 19.5. The number of fused-ring (bicyclic) bond motifs is 1. The SMILES string of the molecule is CCc1ccc(-c2cc(C)nc3c(OCc4c(Cl)cc(C)nc4Cn4cccc(C(F)(F)F)c4=O)cccc23)n1C. The van der Waals surface area contributed by atoms with Gasteiger partial charge in [-0.3, -0.25) is 9.78 Å². The maximum Gasteiger partial charge on any atom is 0.421 e. The average Bonchev–Trinajstić information content (AvgIpc) is 3.28. The molecule has 0 aliphatic carbocycles. The molecule has 0 saturated carbocycles. The molecule has 0 saturated heterocycles. The number of ether oxygens (including phenoxy) is 1. The third-order valence-corrected chi connectivity index (χ3v) is 7.43. The number of rotatable bonds is 7. The second kappa shape index (κ2) is 11.0. The van der Waals surface area contributed by atoms with Gasteiger partial charge in [-0.25, -0.2) is 4.98 Å². The Morgan fingerprint density at radius 2 is 1.76 bits per heavy atom. The molecule has 0 N–H and O–H groups in total. The summed E-state index contributed by atoms with van der Waals surface area (Å²) in [6.45, 7) is 5.54. The monoisotopic (exact) mass is 580 g/mol. The zero-order valence-electron chi connectivity index (χ0n) is 23.0. The molecule has 0 unspecified atom stereocenters. The number of hydrogen-bond donors (Lipinski definition) is 0. The topological polar surface area (TPSA) is 61.9 Å². The van der Waals surface area contributed by atoms with E-state index in [0.29, 0.717) is 33.2 Å². The summed E-state index contributed by atoms with van der Waals surface area (Å²) in [7, 11) is 2.04. The molecule has 1 aromatic carbocycles. The Kier molecular flexibility index (Phi) is 7.66. The van der Waals surface area contributed by atoms with E-state index >= 15 is 0 Å². The minimum absolute atomic E-state index is 0.0244. The van der Waals surface area contributed by atoms with Crippen LogP contribution >= 0.6 is 11.6 Å². The number of para-hydroxylation sites is 1. The first-order valence-electron chi connectivity index (χ1n) is 13.1. The van der Waals surface area contributed by atoms with Gasteiger partial charge in [-0.05, 0) is 62.7 Å². The second-order valence-electron chi connectivity index (χ2n) is 9.90. The predicted octanol–water partition coefficient (Wildman–Crippen LogP) is 7.28. The van der Waals surface area contributed by atoms with Crippen LogP contribution in [0.3, 0.4) is 0 Å². The van der Waals surface area contributed by atoms with Crippen molar-refractivity contribution in [2.45, 2.75) is 46.5 Å². The number of hydrogen-bond acceptors (Lipinski definition) is 4. The first-order valence-corrected chi connectivity index (χ1v) is 13.5. The van der Waals surface area contributed by atoms with Gasteiger partial charge in [-0.15, -0.1) is 0 Å². The average molecular weight is 581 g/mol. The van der Waals surface area contributed by atoms with E-state index in [9.17, 15) is 18.0 Å². The van der Waals surface area contributed by atoms with E-state index in [4.69, 9.17) is 21.3 Å². The third-order valence-electron chi connectivity index (χ3n) is 7.10. The second-order valence-corrected chi connectivity index (χ2v) is 10.3. The summed E-state index contributed by atoms with van der Waals surface area (Å²) in [6, 6.07) is 15.6. The van der Waals surface area contributed by atoms with Crippen LogP contribution in [0.5, 0.6) is 5.75 Å². The Labute approximate surface area is 240 Å². The summed E-state index contributed by atoms with van der Waals surface area (Å²) < 4.78 is 49.4. The van der Waals surface area contributed by atoms with Crippen molar-refractivity contribution in [3.63, 3.8) is 0 Å². The van der Waals surface area contributed by atoms with Crippen molar-refractivity contribution in [1.82, 2.24) is 19.1 Å². The first kappa shape index (κ1) is 28.4. The molecule has 0 atom stereocenters. The summed E-state index contributed by atoms with van der Waals surface area (Å²) in [4.78, 5) is 21.9. The number of halogens is 4. The van der Waals surface area contributed by atoms with Gasteiger partial charge in [0.05, 0.1) is 17.3 Å². The van der Waals surface area contributed by atoms with Crippen LogP contribution in [0.25, 0.3) is 22.2 Å². The van der Waals surface area contributed by atoms with E-state index in [2.05, 4.69) is 28.6 Å². The van der Waals surface area contributed by atoms with Crippen molar-refractivity contribution in [1.29, 1.82) is 0 Å². The van der Waals surface area contributed by atoms with Gasteiger partial charge in [0.15, 0.2) is 0 Å². The van der Waals surface area contributed by atoms with Crippen molar-refractivity contribution in [3.05, 3.63) is 110 Å². The minimum atomic E-state index is -4.76. The van der Waals surface area contributed by atoms with Gasteiger partial charge in [0, 0.05) is 52.5 Å². The molecule has 41 heavy (non-hydrogen) atoms.